The molecule has 0 bridgehead atoms. The maximum absolute atomic E-state index is 11.1. The number of hydrogen-bond acceptors (Lipinski definition) is 4. The Morgan fingerprint density at radius 2 is 2.32 bits per heavy atom. The maximum Gasteiger partial charge on any atom is 0.223 e. The quantitative estimate of drug-likeness (QED) is 0.666. The molecule has 1 aromatic rings. The van der Waals surface area contributed by atoms with E-state index in [1.165, 1.54) is 12.8 Å². The summed E-state index contributed by atoms with van der Waals surface area (Å²) in [6.07, 6.45) is 4.59. The van der Waals surface area contributed by atoms with Crippen molar-refractivity contribution in [1.82, 2.24) is 15.0 Å². The van der Waals surface area contributed by atoms with Crippen LogP contribution in [-0.2, 0) is 28.9 Å². The molecule has 1 fully saturated rings. The molecule has 0 aliphatic heterocycles. The molecule has 1 heterocycles. The van der Waals surface area contributed by atoms with Crippen molar-refractivity contribution in [2.75, 3.05) is 13.2 Å². The van der Waals surface area contributed by atoms with E-state index < -0.39 is 0 Å². The number of aromatic nitrogens is 3. The molecule has 2 N–H and O–H groups in total. The minimum Gasteiger partial charge on any atom is -0.382 e. The van der Waals surface area contributed by atoms with E-state index in [4.69, 9.17) is 10.5 Å². The molecule has 1 saturated carbocycles. The van der Waals surface area contributed by atoms with Crippen molar-refractivity contribution in [1.29, 1.82) is 0 Å². The zero-order valence-corrected chi connectivity index (χ0v) is 11.5. The highest BCUT2D eigenvalue weighted by molar-refractivity contribution is 5.76. The largest absolute Gasteiger partial charge is 0.382 e. The van der Waals surface area contributed by atoms with E-state index in [0.717, 1.165) is 49.9 Å². The van der Waals surface area contributed by atoms with Crippen molar-refractivity contribution in [3.05, 3.63) is 11.4 Å². The molecule has 19 heavy (non-hydrogen) atoms. The Morgan fingerprint density at radius 1 is 1.53 bits per heavy atom. The van der Waals surface area contributed by atoms with Crippen LogP contribution in [0.5, 0.6) is 0 Å². The average molecular weight is 266 g/mol. The minimum atomic E-state index is -0.349. The van der Waals surface area contributed by atoms with E-state index >= 15 is 0 Å². The van der Waals surface area contributed by atoms with Crippen LogP contribution in [0.15, 0.2) is 0 Å². The molecule has 1 amide bonds. The molecular formula is C13H22N4O2. The number of ether oxygens (including phenoxy) is 1. The summed E-state index contributed by atoms with van der Waals surface area (Å²) >= 11 is 0. The summed E-state index contributed by atoms with van der Waals surface area (Å²) in [7, 11) is 0. The third kappa shape index (κ3) is 4.31. The third-order valence-corrected chi connectivity index (χ3v) is 3.30. The standard InChI is InChI=1S/C13H22N4O2/c1-2-19-7-3-6-17-12(8-10-4-5-10)11(15-16-17)9-13(14)18/h10H,2-9H2,1H3,(H2,14,18). The van der Waals surface area contributed by atoms with Crippen molar-refractivity contribution in [3.8, 4) is 0 Å². The number of carbonyl (C=O) groups excluding carboxylic acids is 1. The van der Waals surface area contributed by atoms with Gasteiger partial charge in [0.15, 0.2) is 0 Å². The van der Waals surface area contributed by atoms with Gasteiger partial charge in [0.25, 0.3) is 0 Å². The monoisotopic (exact) mass is 266 g/mol. The highest BCUT2D eigenvalue weighted by Crippen LogP contribution is 2.33. The van der Waals surface area contributed by atoms with Gasteiger partial charge in [0.2, 0.25) is 5.91 Å². The lowest BCUT2D eigenvalue weighted by molar-refractivity contribution is -0.117. The van der Waals surface area contributed by atoms with Crippen molar-refractivity contribution in [3.63, 3.8) is 0 Å². The lowest BCUT2D eigenvalue weighted by Crippen LogP contribution is -2.16. The lowest BCUT2D eigenvalue weighted by Gasteiger charge is -2.07. The van der Waals surface area contributed by atoms with Crippen LogP contribution in [0.1, 0.15) is 37.6 Å². The molecule has 0 radical (unpaired) electrons. The number of amides is 1. The molecular weight excluding hydrogens is 244 g/mol. The second-order valence-electron chi connectivity index (χ2n) is 5.05. The highest BCUT2D eigenvalue weighted by atomic mass is 16.5. The van der Waals surface area contributed by atoms with Crippen molar-refractivity contribution >= 4 is 5.91 Å². The van der Waals surface area contributed by atoms with Crippen LogP contribution in [0.2, 0.25) is 0 Å². The Hall–Kier alpha value is -1.43. The van der Waals surface area contributed by atoms with Crippen LogP contribution in [0.4, 0.5) is 0 Å². The molecule has 0 aromatic carbocycles. The molecule has 0 saturated heterocycles. The SMILES string of the molecule is CCOCCCn1nnc(CC(N)=O)c1CC1CC1. The zero-order chi connectivity index (χ0) is 13.7. The van der Waals surface area contributed by atoms with Gasteiger partial charge in [-0.25, -0.2) is 4.68 Å². The molecule has 0 unspecified atom stereocenters. The molecule has 0 spiro atoms. The Morgan fingerprint density at radius 3 is 2.95 bits per heavy atom. The summed E-state index contributed by atoms with van der Waals surface area (Å²) in [5, 5.41) is 8.26. The summed E-state index contributed by atoms with van der Waals surface area (Å²) in [6.45, 7) is 4.23. The second kappa shape index (κ2) is 6.65. The van der Waals surface area contributed by atoms with E-state index in [2.05, 4.69) is 10.3 Å². The predicted molar refractivity (Wildman–Crippen MR) is 70.5 cm³/mol. The predicted octanol–water partition coefficient (Wildman–Crippen LogP) is 0.685. The number of aryl methyl sites for hydroxylation is 1. The van der Waals surface area contributed by atoms with Crippen molar-refractivity contribution in [2.24, 2.45) is 11.7 Å². The zero-order valence-electron chi connectivity index (χ0n) is 11.5. The molecule has 1 aliphatic rings. The number of primary amides is 1. The average Bonchev–Trinajstić information content (AvgIpc) is 3.11. The minimum absolute atomic E-state index is 0.188. The van der Waals surface area contributed by atoms with Gasteiger partial charge < -0.3 is 10.5 Å². The highest BCUT2D eigenvalue weighted by Gasteiger charge is 2.26. The Balaban J connectivity index is 1.99. The van der Waals surface area contributed by atoms with Gasteiger partial charge in [-0.05, 0) is 38.5 Å². The summed E-state index contributed by atoms with van der Waals surface area (Å²) in [5.74, 6) is 0.384. The van der Waals surface area contributed by atoms with Gasteiger partial charge in [-0.15, -0.1) is 5.10 Å². The molecule has 6 heteroatoms. The Kier molecular flexibility index (Phi) is 4.90. The van der Waals surface area contributed by atoms with Gasteiger partial charge in [-0.1, -0.05) is 5.21 Å². The number of hydrogen-bond donors (Lipinski definition) is 1. The van der Waals surface area contributed by atoms with E-state index in [1.54, 1.807) is 0 Å². The Bertz CT molecular complexity index is 426. The van der Waals surface area contributed by atoms with Crippen molar-refractivity contribution in [2.45, 2.75) is 45.6 Å². The van der Waals surface area contributed by atoms with E-state index in [-0.39, 0.29) is 12.3 Å². The normalized spacial score (nSPS) is 14.8. The van der Waals surface area contributed by atoms with Gasteiger partial charge in [0, 0.05) is 19.8 Å². The molecule has 0 atom stereocenters. The second-order valence-corrected chi connectivity index (χ2v) is 5.05. The van der Waals surface area contributed by atoms with Crippen LogP contribution in [0.25, 0.3) is 0 Å². The molecule has 6 nitrogen and oxygen atoms in total. The topological polar surface area (TPSA) is 83.0 Å². The number of rotatable bonds is 9. The maximum atomic E-state index is 11.1. The molecule has 2 rings (SSSR count). The van der Waals surface area contributed by atoms with Gasteiger partial charge in [0.1, 0.15) is 0 Å². The first-order chi connectivity index (χ1) is 9.20. The van der Waals surface area contributed by atoms with Crippen LogP contribution in [-0.4, -0.2) is 34.1 Å². The summed E-state index contributed by atoms with van der Waals surface area (Å²) in [6, 6.07) is 0. The molecule has 1 aliphatic carbocycles. The fraction of sp³-hybridized carbons (Fsp3) is 0.769. The molecule has 106 valence electrons. The lowest BCUT2D eigenvalue weighted by atomic mass is 10.1. The van der Waals surface area contributed by atoms with Gasteiger partial charge in [-0.3, -0.25) is 4.79 Å². The first-order valence-corrected chi connectivity index (χ1v) is 6.98. The Labute approximate surface area is 113 Å². The number of nitrogens with two attached hydrogens (primary N) is 1. The first-order valence-electron chi connectivity index (χ1n) is 6.98. The summed E-state index contributed by atoms with van der Waals surface area (Å²) < 4.78 is 7.24. The van der Waals surface area contributed by atoms with Crippen LogP contribution in [0, 0.1) is 5.92 Å². The first kappa shape index (κ1) is 14.0. The van der Waals surface area contributed by atoms with Crippen LogP contribution < -0.4 is 5.73 Å². The third-order valence-electron chi connectivity index (χ3n) is 3.30. The number of nitrogens with zero attached hydrogens (tertiary/aromatic N) is 3. The van der Waals surface area contributed by atoms with Gasteiger partial charge >= 0.3 is 0 Å². The molecule has 1 aromatic heterocycles. The summed E-state index contributed by atoms with van der Waals surface area (Å²) in [4.78, 5) is 11.1. The van der Waals surface area contributed by atoms with Crippen LogP contribution in [0.3, 0.4) is 0 Å². The fourth-order valence-corrected chi connectivity index (χ4v) is 2.13. The van der Waals surface area contributed by atoms with Crippen molar-refractivity contribution < 1.29 is 9.53 Å². The smallest absolute Gasteiger partial charge is 0.223 e. The van der Waals surface area contributed by atoms with E-state index in [0.29, 0.717) is 0 Å². The number of carbonyl (C=O) groups is 1. The van der Waals surface area contributed by atoms with Gasteiger partial charge in [0.05, 0.1) is 17.8 Å². The van der Waals surface area contributed by atoms with Crippen LogP contribution >= 0.6 is 0 Å². The van der Waals surface area contributed by atoms with E-state index in [1.807, 2.05) is 11.6 Å². The fourth-order valence-electron chi connectivity index (χ4n) is 2.13. The van der Waals surface area contributed by atoms with Gasteiger partial charge in [-0.2, -0.15) is 0 Å². The summed E-state index contributed by atoms with van der Waals surface area (Å²) in [5.41, 5.74) is 7.08. The van der Waals surface area contributed by atoms with E-state index in [9.17, 15) is 4.79 Å².